The van der Waals surface area contributed by atoms with Gasteiger partial charge in [-0.15, -0.1) is 0 Å². The van der Waals surface area contributed by atoms with Crippen molar-refractivity contribution in [2.75, 3.05) is 6.61 Å². The number of nitrogens with zero attached hydrogens (tertiary/aromatic N) is 2. The molecule has 0 aliphatic rings. The summed E-state index contributed by atoms with van der Waals surface area (Å²) in [5.41, 5.74) is 2.60. The van der Waals surface area contributed by atoms with Crippen molar-refractivity contribution in [3.63, 3.8) is 0 Å². The molecule has 0 aliphatic carbocycles. The number of hydrogen-bond donors (Lipinski definition) is 0. The molecule has 1 aromatic heterocycles. The van der Waals surface area contributed by atoms with Crippen LogP contribution in [0.1, 0.15) is 35.6 Å². The first-order valence-electron chi connectivity index (χ1n) is 7.04. The number of aryl methyl sites for hydroxylation is 2. The van der Waals surface area contributed by atoms with E-state index in [-0.39, 0.29) is 0 Å². The molecular weight excluding hydrogens is 268 g/mol. The van der Waals surface area contributed by atoms with Gasteiger partial charge in [-0.1, -0.05) is 6.92 Å². The monoisotopic (exact) mass is 288 g/mol. The van der Waals surface area contributed by atoms with Crippen LogP contribution < -0.4 is 9.47 Å². The summed E-state index contributed by atoms with van der Waals surface area (Å²) in [6, 6.07) is 7.18. The fraction of sp³-hybridized carbons (Fsp3) is 0.375. The van der Waals surface area contributed by atoms with Gasteiger partial charge in [0.2, 0.25) is 0 Å². The van der Waals surface area contributed by atoms with Crippen LogP contribution in [0.3, 0.4) is 0 Å². The fourth-order valence-corrected chi connectivity index (χ4v) is 2.02. The van der Waals surface area contributed by atoms with Crippen LogP contribution in [-0.4, -0.2) is 22.7 Å². The molecule has 5 nitrogen and oxygen atoms in total. The highest BCUT2D eigenvalue weighted by Crippen LogP contribution is 2.28. The zero-order valence-electron chi connectivity index (χ0n) is 12.6. The Balaban J connectivity index is 2.14. The number of aromatic nitrogens is 2. The molecule has 5 heteroatoms. The van der Waals surface area contributed by atoms with Crippen LogP contribution in [0.4, 0.5) is 0 Å². The third kappa shape index (κ3) is 3.62. The molecule has 0 radical (unpaired) electrons. The van der Waals surface area contributed by atoms with Crippen LogP contribution in [0.2, 0.25) is 0 Å². The van der Waals surface area contributed by atoms with Crippen LogP contribution in [0.5, 0.6) is 11.5 Å². The Bertz CT molecular complexity index is 620. The van der Waals surface area contributed by atoms with Crippen LogP contribution in [0.25, 0.3) is 0 Å². The SMILES string of the molecule is CCOc1cc(C=O)ccc1OCc1cc(CC)nn1C. The predicted octanol–water partition coefficient (Wildman–Crippen LogP) is 2.77. The van der Waals surface area contributed by atoms with E-state index in [1.165, 1.54) is 0 Å². The van der Waals surface area contributed by atoms with Crippen molar-refractivity contribution in [3.05, 3.63) is 41.2 Å². The standard InChI is InChI=1S/C16H20N2O3/c1-4-13-9-14(18(3)17-13)11-21-15-7-6-12(10-19)8-16(15)20-5-2/h6-10H,4-5,11H2,1-3H3. The van der Waals surface area contributed by atoms with E-state index >= 15 is 0 Å². The van der Waals surface area contributed by atoms with Crippen LogP contribution in [0, 0.1) is 0 Å². The zero-order chi connectivity index (χ0) is 15.2. The molecule has 0 saturated heterocycles. The maximum absolute atomic E-state index is 10.8. The summed E-state index contributed by atoms with van der Waals surface area (Å²) >= 11 is 0. The second-order valence-electron chi connectivity index (χ2n) is 4.65. The lowest BCUT2D eigenvalue weighted by molar-refractivity contribution is 0.112. The molecule has 0 N–H and O–H groups in total. The topological polar surface area (TPSA) is 53.4 Å². The average molecular weight is 288 g/mol. The van der Waals surface area contributed by atoms with Crippen molar-refractivity contribution in [2.24, 2.45) is 7.05 Å². The Morgan fingerprint density at radius 3 is 2.62 bits per heavy atom. The summed E-state index contributed by atoms with van der Waals surface area (Å²) in [7, 11) is 1.90. The molecule has 2 rings (SSSR count). The molecule has 0 spiro atoms. The van der Waals surface area contributed by atoms with E-state index in [1.54, 1.807) is 18.2 Å². The normalized spacial score (nSPS) is 10.4. The number of ether oxygens (including phenoxy) is 2. The molecule has 0 bridgehead atoms. The van der Waals surface area contributed by atoms with E-state index in [1.807, 2.05) is 24.7 Å². The minimum absolute atomic E-state index is 0.407. The van der Waals surface area contributed by atoms with E-state index in [0.29, 0.717) is 30.3 Å². The Hall–Kier alpha value is -2.30. The molecule has 1 heterocycles. The third-order valence-electron chi connectivity index (χ3n) is 3.17. The third-order valence-corrected chi connectivity index (χ3v) is 3.17. The van der Waals surface area contributed by atoms with Gasteiger partial charge in [0, 0.05) is 12.6 Å². The maximum Gasteiger partial charge on any atom is 0.161 e. The molecule has 0 saturated carbocycles. The van der Waals surface area contributed by atoms with Gasteiger partial charge < -0.3 is 9.47 Å². The lowest BCUT2D eigenvalue weighted by Crippen LogP contribution is -2.04. The Kier molecular flexibility index (Phi) is 4.98. The molecule has 0 unspecified atom stereocenters. The highest BCUT2D eigenvalue weighted by Gasteiger charge is 2.09. The summed E-state index contributed by atoms with van der Waals surface area (Å²) in [5, 5.41) is 4.39. The highest BCUT2D eigenvalue weighted by molar-refractivity contribution is 5.76. The Labute approximate surface area is 124 Å². The molecule has 21 heavy (non-hydrogen) atoms. The Morgan fingerprint density at radius 1 is 1.19 bits per heavy atom. The number of hydrogen-bond acceptors (Lipinski definition) is 4. The molecule has 1 aromatic carbocycles. The summed E-state index contributed by atoms with van der Waals surface area (Å²) in [6.07, 6.45) is 1.69. The van der Waals surface area contributed by atoms with Crippen molar-refractivity contribution >= 4 is 6.29 Å². The summed E-state index contributed by atoms with van der Waals surface area (Å²) in [5.74, 6) is 1.21. The van der Waals surface area contributed by atoms with Gasteiger partial charge in [0.25, 0.3) is 0 Å². The lowest BCUT2D eigenvalue weighted by atomic mass is 10.2. The molecule has 112 valence electrons. The van der Waals surface area contributed by atoms with Crippen LogP contribution >= 0.6 is 0 Å². The molecule has 0 fully saturated rings. The summed E-state index contributed by atoms with van der Waals surface area (Å²) in [6.45, 7) is 4.89. The zero-order valence-corrected chi connectivity index (χ0v) is 12.6. The van der Waals surface area contributed by atoms with Gasteiger partial charge in [-0.25, -0.2) is 0 Å². The van der Waals surface area contributed by atoms with E-state index < -0.39 is 0 Å². The number of benzene rings is 1. The summed E-state index contributed by atoms with van der Waals surface area (Å²) < 4.78 is 13.1. The Morgan fingerprint density at radius 2 is 2.00 bits per heavy atom. The second-order valence-corrected chi connectivity index (χ2v) is 4.65. The van der Waals surface area contributed by atoms with Crippen molar-refractivity contribution in [1.82, 2.24) is 9.78 Å². The van der Waals surface area contributed by atoms with Gasteiger partial charge in [0.1, 0.15) is 12.9 Å². The first kappa shape index (κ1) is 15.1. The van der Waals surface area contributed by atoms with Gasteiger partial charge in [0.15, 0.2) is 11.5 Å². The van der Waals surface area contributed by atoms with Crippen LogP contribution in [0.15, 0.2) is 24.3 Å². The van der Waals surface area contributed by atoms with Crippen LogP contribution in [-0.2, 0) is 20.1 Å². The van der Waals surface area contributed by atoms with Crippen molar-refractivity contribution in [1.29, 1.82) is 0 Å². The fourth-order valence-electron chi connectivity index (χ4n) is 2.02. The highest BCUT2D eigenvalue weighted by atomic mass is 16.5. The van der Waals surface area contributed by atoms with E-state index in [2.05, 4.69) is 12.0 Å². The minimum atomic E-state index is 0.407. The molecular formula is C16H20N2O3. The largest absolute Gasteiger partial charge is 0.490 e. The quantitative estimate of drug-likeness (QED) is 0.735. The van der Waals surface area contributed by atoms with Gasteiger partial charge >= 0.3 is 0 Å². The lowest BCUT2D eigenvalue weighted by Gasteiger charge is -2.12. The van der Waals surface area contributed by atoms with Gasteiger partial charge in [0.05, 0.1) is 18.0 Å². The molecule has 2 aromatic rings. The number of carbonyl (C=O) groups excluding carboxylic acids is 1. The van der Waals surface area contributed by atoms with Gasteiger partial charge in [-0.05, 0) is 37.6 Å². The van der Waals surface area contributed by atoms with Gasteiger partial charge in [-0.3, -0.25) is 9.48 Å². The summed E-state index contributed by atoms with van der Waals surface area (Å²) in [4.78, 5) is 10.8. The second kappa shape index (κ2) is 6.92. The van der Waals surface area contributed by atoms with E-state index in [0.717, 1.165) is 24.1 Å². The average Bonchev–Trinajstić information content (AvgIpc) is 2.86. The van der Waals surface area contributed by atoms with E-state index in [9.17, 15) is 4.79 Å². The first-order valence-corrected chi connectivity index (χ1v) is 7.04. The van der Waals surface area contributed by atoms with Crippen molar-refractivity contribution in [2.45, 2.75) is 26.9 Å². The van der Waals surface area contributed by atoms with Gasteiger partial charge in [-0.2, -0.15) is 5.10 Å². The molecule has 0 aliphatic heterocycles. The molecule has 0 amide bonds. The van der Waals surface area contributed by atoms with Crippen molar-refractivity contribution in [3.8, 4) is 11.5 Å². The van der Waals surface area contributed by atoms with E-state index in [4.69, 9.17) is 9.47 Å². The predicted molar refractivity (Wildman–Crippen MR) is 79.9 cm³/mol. The maximum atomic E-state index is 10.8. The molecule has 0 atom stereocenters. The smallest absolute Gasteiger partial charge is 0.161 e. The number of rotatable bonds is 7. The van der Waals surface area contributed by atoms with Crippen molar-refractivity contribution < 1.29 is 14.3 Å². The number of carbonyl (C=O) groups is 1. The minimum Gasteiger partial charge on any atom is -0.490 e. The first-order chi connectivity index (χ1) is 10.2. The number of aldehydes is 1.